The number of hydrogen-bond donors (Lipinski definition) is 0. The third kappa shape index (κ3) is 4.87. The maximum Gasteiger partial charge on any atom is 0.494 e. The molecule has 2 aromatic heterocycles. The van der Waals surface area contributed by atoms with Crippen molar-refractivity contribution in [3.63, 3.8) is 0 Å². The van der Waals surface area contributed by atoms with Crippen molar-refractivity contribution in [3.05, 3.63) is 78.2 Å². The molecule has 6 nitrogen and oxygen atoms in total. The highest BCUT2D eigenvalue weighted by Gasteiger charge is 2.51. The van der Waals surface area contributed by atoms with E-state index in [0.29, 0.717) is 0 Å². The highest BCUT2D eigenvalue weighted by Crippen LogP contribution is 2.36. The molecule has 0 saturated carbocycles. The average molecular weight is 495 g/mol. The maximum atomic E-state index is 6.02. The quantitative estimate of drug-likeness (QED) is 0.338. The van der Waals surface area contributed by atoms with Crippen LogP contribution in [-0.2, 0) is 9.31 Å². The Morgan fingerprint density at radius 2 is 1.12 bits per heavy atom. The minimum absolute atomic E-state index is 0.318. The molecule has 1 aliphatic heterocycles. The molecule has 4 aromatic rings. The van der Waals surface area contributed by atoms with E-state index >= 15 is 0 Å². The van der Waals surface area contributed by atoms with E-state index < -0.39 is 0 Å². The second kappa shape index (κ2) is 9.06. The average Bonchev–Trinajstić information content (AvgIpc) is 3.51. The second-order valence-corrected chi connectivity index (χ2v) is 9.36. The highest BCUT2D eigenvalue weighted by atomic mass is 79.9. The predicted molar refractivity (Wildman–Crippen MR) is 127 cm³/mol. The van der Waals surface area contributed by atoms with Crippen LogP contribution in [0.15, 0.2) is 87.0 Å². The van der Waals surface area contributed by atoms with Crippen LogP contribution in [0.25, 0.3) is 22.6 Å². The van der Waals surface area contributed by atoms with Crippen molar-refractivity contribution < 1.29 is 18.1 Å². The van der Waals surface area contributed by atoms with Crippen molar-refractivity contribution in [3.8, 4) is 22.6 Å². The lowest BCUT2D eigenvalue weighted by molar-refractivity contribution is 0.00578. The van der Waals surface area contributed by atoms with E-state index in [9.17, 15) is 0 Å². The molecule has 2 aromatic carbocycles. The van der Waals surface area contributed by atoms with Crippen LogP contribution in [0.2, 0.25) is 0 Å². The Morgan fingerprint density at radius 1 is 0.688 bits per heavy atom. The topological polar surface area (TPSA) is 70.5 Å². The Bertz CT molecular complexity index is 1110. The van der Waals surface area contributed by atoms with Crippen LogP contribution in [0, 0.1) is 0 Å². The van der Waals surface area contributed by atoms with Gasteiger partial charge in [0.1, 0.15) is 0 Å². The first-order valence-electron chi connectivity index (χ1n) is 10.2. The molecular formula is C24H24BBrN2O4. The van der Waals surface area contributed by atoms with Crippen molar-refractivity contribution in [2.45, 2.75) is 38.9 Å². The molecule has 0 aliphatic carbocycles. The summed E-state index contributed by atoms with van der Waals surface area (Å²) >= 11 is 3.36. The second-order valence-electron chi connectivity index (χ2n) is 8.45. The minimum Gasteiger partial charge on any atom is -0.444 e. The van der Waals surface area contributed by atoms with E-state index in [0.717, 1.165) is 32.6 Å². The van der Waals surface area contributed by atoms with Crippen LogP contribution in [-0.4, -0.2) is 28.3 Å². The summed E-state index contributed by atoms with van der Waals surface area (Å²) in [5, 5.41) is 0. The van der Waals surface area contributed by atoms with Gasteiger partial charge in [0.05, 0.1) is 23.6 Å². The molecule has 0 atom stereocenters. The third-order valence-electron chi connectivity index (χ3n) is 5.71. The number of hydrogen-bond acceptors (Lipinski definition) is 6. The zero-order chi connectivity index (χ0) is 22.8. The van der Waals surface area contributed by atoms with Gasteiger partial charge in [0.25, 0.3) is 0 Å². The van der Waals surface area contributed by atoms with Gasteiger partial charge in [-0.2, -0.15) is 0 Å². The molecule has 0 bridgehead atoms. The molecule has 0 unspecified atom stereocenters. The van der Waals surface area contributed by atoms with E-state index in [1.165, 1.54) is 12.8 Å². The van der Waals surface area contributed by atoms with Crippen molar-refractivity contribution in [1.29, 1.82) is 0 Å². The van der Waals surface area contributed by atoms with Crippen molar-refractivity contribution >= 4 is 28.5 Å². The van der Waals surface area contributed by atoms with Crippen LogP contribution in [0.5, 0.6) is 0 Å². The van der Waals surface area contributed by atoms with Gasteiger partial charge in [-0.25, -0.2) is 9.97 Å². The molecule has 0 radical (unpaired) electrons. The van der Waals surface area contributed by atoms with E-state index in [-0.39, 0.29) is 18.3 Å². The third-order valence-corrected chi connectivity index (χ3v) is 6.24. The number of benzene rings is 2. The Morgan fingerprint density at radius 3 is 1.53 bits per heavy atom. The fourth-order valence-corrected chi connectivity index (χ4v) is 3.38. The Labute approximate surface area is 196 Å². The zero-order valence-corrected chi connectivity index (χ0v) is 20.0. The first-order valence-corrected chi connectivity index (χ1v) is 11.0. The lowest BCUT2D eigenvalue weighted by atomic mass is 9.79. The van der Waals surface area contributed by atoms with Gasteiger partial charge >= 0.3 is 7.12 Å². The highest BCUT2D eigenvalue weighted by molar-refractivity contribution is 9.10. The molecule has 1 aliphatic rings. The predicted octanol–water partition coefficient (Wildman–Crippen LogP) is 5.74. The molecule has 3 heterocycles. The molecule has 0 spiro atoms. The van der Waals surface area contributed by atoms with E-state index in [4.69, 9.17) is 18.1 Å². The summed E-state index contributed by atoms with van der Waals surface area (Å²) in [7, 11) is -0.330. The number of halogens is 1. The van der Waals surface area contributed by atoms with E-state index in [1.807, 2.05) is 48.5 Å². The summed E-state index contributed by atoms with van der Waals surface area (Å²) in [5.41, 5.74) is 2.40. The standard InChI is InChI=1S/C15H18BNO3.C9H6BrNO/c1-14(2)15(3,4)20-16(19-14)12-7-5-11(6-8-12)13-9-17-10-18-13;10-8-3-1-7(2-4-8)9-5-11-6-12-9/h5-10H,1-4H3;1-6H. The summed E-state index contributed by atoms with van der Waals surface area (Å²) in [6, 6.07) is 15.9. The SMILES string of the molecule is Brc1ccc(-c2cnco2)cc1.CC1(C)OB(c2ccc(-c3cnco3)cc2)OC1(C)C. The summed E-state index contributed by atoms with van der Waals surface area (Å²) < 4.78 is 23.5. The van der Waals surface area contributed by atoms with Crippen molar-refractivity contribution in [2.75, 3.05) is 0 Å². The fourth-order valence-electron chi connectivity index (χ4n) is 3.11. The van der Waals surface area contributed by atoms with Crippen molar-refractivity contribution in [1.82, 2.24) is 9.97 Å². The first-order chi connectivity index (χ1) is 15.2. The summed E-state index contributed by atoms with van der Waals surface area (Å²) in [6.07, 6.45) is 6.25. The number of rotatable bonds is 3. The summed E-state index contributed by atoms with van der Waals surface area (Å²) in [5.74, 6) is 1.55. The van der Waals surface area contributed by atoms with E-state index in [1.54, 1.807) is 12.4 Å². The van der Waals surface area contributed by atoms with Gasteiger partial charge in [-0.1, -0.05) is 52.3 Å². The largest absolute Gasteiger partial charge is 0.494 e. The molecule has 0 amide bonds. The molecule has 1 fully saturated rings. The molecule has 1 saturated heterocycles. The van der Waals surface area contributed by atoms with Crippen LogP contribution >= 0.6 is 15.9 Å². The number of aromatic nitrogens is 2. The zero-order valence-electron chi connectivity index (χ0n) is 18.4. The lowest BCUT2D eigenvalue weighted by Crippen LogP contribution is -2.41. The minimum atomic E-state index is -0.330. The Kier molecular flexibility index (Phi) is 6.37. The first kappa shape index (κ1) is 22.5. The van der Waals surface area contributed by atoms with Gasteiger partial charge in [0.2, 0.25) is 0 Å². The Hall–Kier alpha value is -2.68. The van der Waals surface area contributed by atoms with Crippen molar-refractivity contribution in [2.24, 2.45) is 0 Å². The summed E-state index contributed by atoms with van der Waals surface area (Å²) in [4.78, 5) is 7.76. The molecular weight excluding hydrogens is 471 g/mol. The van der Waals surface area contributed by atoms with Crippen LogP contribution in [0.3, 0.4) is 0 Å². The monoisotopic (exact) mass is 494 g/mol. The summed E-state index contributed by atoms with van der Waals surface area (Å²) in [6.45, 7) is 8.21. The molecule has 0 N–H and O–H groups in total. The normalized spacial score (nSPS) is 16.5. The number of oxazole rings is 2. The number of nitrogens with zero attached hydrogens (tertiary/aromatic N) is 2. The molecule has 5 rings (SSSR count). The van der Waals surface area contributed by atoms with Crippen LogP contribution in [0.1, 0.15) is 27.7 Å². The lowest BCUT2D eigenvalue weighted by Gasteiger charge is -2.32. The maximum absolute atomic E-state index is 6.02. The van der Waals surface area contributed by atoms with Gasteiger partial charge in [-0.05, 0) is 45.3 Å². The molecule has 8 heteroatoms. The van der Waals surface area contributed by atoms with E-state index in [2.05, 4.69) is 53.6 Å². The molecule has 32 heavy (non-hydrogen) atoms. The smallest absolute Gasteiger partial charge is 0.444 e. The van der Waals surface area contributed by atoms with Gasteiger partial charge in [-0.3, -0.25) is 0 Å². The fraction of sp³-hybridized carbons (Fsp3) is 0.250. The van der Waals surface area contributed by atoms with Gasteiger partial charge in [-0.15, -0.1) is 0 Å². The van der Waals surface area contributed by atoms with Gasteiger partial charge < -0.3 is 18.1 Å². The van der Waals surface area contributed by atoms with Gasteiger partial charge in [0, 0.05) is 15.6 Å². The van der Waals surface area contributed by atoms with Gasteiger partial charge in [0.15, 0.2) is 24.3 Å². The van der Waals surface area contributed by atoms with Crippen LogP contribution < -0.4 is 5.46 Å². The Balaban J connectivity index is 0.000000174. The molecule has 164 valence electrons. The van der Waals surface area contributed by atoms with Crippen LogP contribution in [0.4, 0.5) is 0 Å².